The molecule has 0 radical (unpaired) electrons. The minimum absolute atomic E-state index is 0.167. The molecule has 0 aliphatic heterocycles. The monoisotopic (exact) mass is 355 g/mol. The summed E-state index contributed by atoms with van der Waals surface area (Å²) in [7, 11) is 0. The first-order valence-corrected chi connectivity index (χ1v) is 10.2. The summed E-state index contributed by atoms with van der Waals surface area (Å²) in [6, 6.07) is 0. The summed E-state index contributed by atoms with van der Waals surface area (Å²) >= 11 is 0. The first-order chi connectivity index (χ1) is 11.6. The van der Waals surface area contributed by atoms with Gasteiger partial charge in [-0.05, 0) is 48.9 Å². The zero-order valence-corrected chi connectivity index (χ0v) is 17.3. The van der Waals surface area contributed by atoms with Gasteiger partial charge in [0, 0.05) is 13.1 Å². The van der Waals surface area contributed by atoms with Gasteiger partial charge >= 0.3 is 5.97 Å². The van der Waals surface area contributed by atoms with E-state index in [2.05, 4.69) is 46.9 Å². The van der Waals surface area contributed by atoms with Crippen molar-refractivity contribution in [1.82, 2.24) is 5.32 Å². The minimum atomic E-state index is -0.750. The number of hydrogen-bond acceptors (Lipinski definition) is 3. The minimum Gasteiger partial charge on any atom is -0.481 e. The molecular weight excluding hydrogens is 314 g/mol. The van der Waals surface area contributed by atoms with E-state index >= 15 is 0 Å². The summed E-state index contributed by atoms with van der Waals surface area (Å²) in [6.45, 7) is 15.1. The Kier molecular flexibility index (Phi) is 9.44. The van der Waals surface area contributed by atoms with Crippen LogP contribution in [0, 0.1) is 23.2 Å². The third-order valence-corrected chi connectivity index (χ3v) is 6.26. The number of rotatable bonds is 10. The van der Waals surface area contributed by atoms with Crippen LogP contribution in [-0.4, -0.2) is 36.4 Å². The van der Waals surface area contributed by atoms with E-state index in [-0.39, 0.29) is 12.5 Å². The highest BCUT2D eigenvalue weighted by atomic mass is 16.5. The van der Waals surface area contributed by atoms with E-state index in [0.717, 1.165) is 31.7 Å². The van der Waals surface area contributed by atoms with Crippen LogP contribution < -0.4 is 5.32 Å². The molecule has 4 nitrogen and oxygen atoms in total. The van der Waals surface area contributed by atoms with Crippen LogP contribution in [0.4, 0.5) is 0 Å². The van der Waals surface area contributed by atoms with Crippen LogP contribution in [0.2, 0.25) is 0 Å². The Morgan fingerprint density at radius 3 is 2.28 bits per heavy atom. The van der Waals surface area contributed by atoms with Crippen molar-refractivity contribution in [3.8, 4) is 0 Å². The molecule has 25 heavy (non-hydrogen) atoms. The molecular formula is C21H41NO3. The Balaban J connectivity index is 2.53. The molecule has 1 aliphatic rings. The molecule has 4 heteroatoms. The standard InChI is InChI=1S/C21H41NO3/c1-7-15(2)16(3)19(14-22-13-12-20(23)24)25-18-10-8-17(9-11-18)21(4,5)6/h15-19,22H,7-14H2,1-6H3,(H,23,24)/t15-,16?,17?,18?,19?/m0/s1. The number of carboxylic acid groups (broad SMARTS) is 1. The fourth-order valence-electron chi connectivity index (χ4n) is 3.85. The predicted molar refractivity (Wildman–Crippen MR) is 104 cm³/mol. The van der Waals surface area contributed by atoms with E-state index in [1.165, 1.54) is 12.8 Å². The van der Waals surface area contributed by atoms with Crippen molar-refractivity contribution in [3.63, 3.8) is 0 Å². The Bertz CT molecular complexity index is 383. The lowest BCUT2D eigenvalue weighted by Gasteiger charge is -2.39. The molecule has 0 aromatic rings. The second kappa shape index (κ2) is 10.5. The first-order valence-electron chi connectivity index (χ1n) is 10.2. The van der Waals surface area contributed by atoms with Crippen LogP contribution in [0.25, 0.3) is 0 Å². The Morgan fingerprint density at radius 1 is 1.20 bits per heavy atom. The largest absolute Gasteiger partial charge is 0.481 e. The highest BCUT2D eigenvalue weighted by Crippen LogP contribution is 2.39. The van der Waals surface area contributed by atoms with Crippen LogP contribution in [-0.2, 0) is 9.53 Å². The number of hydrogen-bond donors (Lipinski definition) is 2. The summed E-state index contributed by atoms with van der Waals surface area (Å²) in [5.74, 6) is 1.13. The quantitative estimate of drug-likeness (QED) is 0.557. The first kappa shape index (κ1) is 22.4. The highest BCUT2D eigenvalue weighted by molar-refractivity contribution is 5.66. The predicted octanol–water partition coefficient (Wildman–Crippen LogP) is 4.72. The smallest absolute Gasteiger partial charge is 0.304 e. The van der Waals surface area contributed by atoms with Gasteiger partial charge in [-0.15, -0.1) is 0 Å². The second-order valence-electron chi connectivity index (χ2n) is 9.11. The van der Waals surface area contributed by atoms with Crippen molar-refractivity contribution in [2.24, 2.45) is 23.2 Å². The Hall–Kier alpha value is -0.610. The molecule has 2 N–H and O–H groups in total. The van der Waals surface area contributed by atoms with Crippen LogP contribution in [0.5, 0.6) is 0 Å². The molecule has 0 aromatic carbocycles. The normalized spacial score (nSPS) is 25.4. The number of nitrogens with one attached hydrogen (secondary N) is 1. The Labute approximate surface area is 155 Å². The Morgan fingerprint density at radius 2 is 1.80 bits per heavy atom. The molecule has 1 aliphatic carbocycles. The van der Waals surface area contributed by atoms with Gasteiger partial charge in [0.15, 0.2) is 0 Å². The summed E-state index contributed by atoms with van der Waals surface area (Å²) in [4.78, 5) is 10.7. The molecule has 0 aromatic heterocycles. The molecule has 0 spiro atoms. The average molecular weight is 356 g/mol. The van der Waals surface area contributed by atoms with E-state index in [1.807, 2.05) is 0 Å². The molecule has 0 amide bonds. The molecule has 3 atom stereocenters. The lowest BCUT2D eigenvalue weighted by molar-refractivity contribution is -0.137. The third kappa shape index (κ3) is 8.08. The van der Waals surface area contributed by atoms with Crippen LogP contribution in [0.1, 0.15) is 80.1 Å². The van der Waals surface area contributed by atoms with Gasteiger partial charge in [0.2, 0.25) is 0 Å². The number of carbonyl (C=O) groups is 1. The van der Waals surface area contributed by atoms with Crippen molar-refractivity contribution in [1.29, 1.82) is 0 Å². The van der Waals surface area contributed by atoms with Gasteiger partial charge in [-0.1, -0.05) is 48.0 Å². The van der Waals surface area contributed by atoms with Crippen LogP contribution in [0.3, 0.4) is 0 Å². The summed E-state index contributed by atoms with van der Waals surface area (Å²) in [5, 5.41) is 12.1. The van der Waals surface area contributed by atoms with E-state index in [0.29, 0.717) is 29.9 Å². The lowest BCUT2D eigenvalue weighted by atomic mass is 9.72. The summed E-state index contributed by atoms with van der Waals surface area (Å²) < 4.78 is 6.53. The van der Waals surface area contributed by atoms with Gasteiger partial charge in [-0.3, -0.25) is 4.79 Å². The molecule has 0 bridgehead atoms. The maximum atomic E-state index is 10.7. The third-order valence-electron chi connectivity index (χ3n) is 6.26. The van der Waals surface area contributed by atoms with E-state index < -0.39 is 5.97 Å². The van der Waals surface area contributed by atoms with Gasteiger partial charge in [-0.2, -0.15) is 0 Å². The van der Waals surface area contributed by atoms with Gasteiger partial charge in [-0.25, -0.2) is 0 Å². The summed E-state index contributed by atoms with van der Waals surface area (Å²) in [5.41, 5.74) is 0.396. The molecule has 0 saturated heterocycles. The van der Waals surface area contributed by atoms with Gasteiger partial charge in [0.25, 0.3) is 0 Å². The summed E-state index contributed by atoms with van der Waals surface area (Å²) in [6.07, 6.45) is 6.66. The number of ether oxygens (including phenoxy) is 1. The highest BCUT2D eigenvalue weighted by Gasteiger charge is 2.32. The number of aliphatic carboxylic acids is 1. The molecule has 1 fully saturated rings. The van der Waals surface area contributed by atoms with Gasteiger partial charge in [0.1, 0.15) is 0 Å². The molecule has 1 saturated carbocycles. The lowest BCUT2D eigenvalue weighted by Crippen LogP contribution is -2.41. The second-order valence-corrected chi connectivity index (χ2v) is 9.11. The van der Waals surface area contributed by atoms with Gasteiger partial charge < -0.3 is 15.2 Å². The fourth-order valence-corrected chi connectivity index (χ4v) is 3.85. The van der Waals surface area contributed by atoms with Crippen molar-refractivity contribution in [3.05, 3.63) is 0 Å². The zero-order chi connectivity index (χ0) is 19.0. The van der Waals surface area contributed by atoms with E-state index in [1.54, 1.807) is 0 Å². The molecule has 0 heterocycles. The van der Waals surface area contributed by atoms with E-state index in [4.69, 9.17) is 9.84 Å². The van der Waals surface area contributed by atoms with Crippen molar-refractivity contribution in [2.45, 2.75) is 92.3 Å². The van der Waals surface area contributed by atoms with Crippen molar-refractivity contribution >= 4 is 5.97 Å². The average Bonchev–Trinajstić information content (AvgIpc) is 2.55. The number of carboxylic acids is 1. The van der Waals surface area contributed by atoms with Crippen molar-refractivity contribution < 1.29 is 14.6 Å². The molecule has 2 unspecified atom stereocenters. The zero-order valence-electron chi connectivity index (χ0n) is 17.3. The van der Waals surface area contributed by atoms with Crippen LogP contribution in [0.15, 0.2) is 0 Å². The SMILES string of the molecule is CC[C@H](C)C(C)C(CNCCC(=O)O)OC1CCC(C(C)(C)C)CC1. The van der Waals surface area contributed by atoms with Gasteiger partial charge in [0.05, 0.1) is 18.6 Å². The molecule has 148 valence electrons. The maximum Gasteiger partial charge on any atom is 0.304 e. The maximum absolute atomic E-state index is 10.7. The molecule has 1 rings (SSSR count). The van der Waals surface area contributed by atoms with Crippen molar-refractivity contribution in [2.75, 3.05) is 13.1 Å². The fraction of sp³-hybridized carbons (Fsp3) is 0.952. The van der Waals surface area contributed by atoms with Crippen LogP contribution >= 0.6 is 0 Å². The van der Waals surface area contributed by atoms with E-state index in [9.17, 15) is 4.79 Å². The topological polar surface area (TPSA) is 58.6 Å².